The summed E-state index contributed by atoms with van der Waals surface area (Å²) in [6.45, 7) is 9.77. The van der Waals surface area contributed by atoms with Crippen LogP contribution >= 0.6 is 7.60 Å². The fourth-order valence-electron chi connectivity index (χ4n) is 2.40. The quantitative estimate of drug-likeness (QED) is 0.255. The average molecular weight is 393 g/mol. The second kappa shape index (κ2) is 15.6. The Balaban J connectivity index is 3.35. The predicted octanol–water partition coefficient (Wildman–Crippen LogP) is 4.22. The molecule has 7 heteroatoms. The summed E-state index contributed by atoms with van der Waals surface area (Å²) >= 11 is 0. The first kappa shape index (κ1) is 25.6. The molecular formula is C19H41N2O4P. The lowest BCUT2D eigenvalue weighted by Gasteiger charge is -2.15. The van der Waals surface area contributed by atoms with Gasteiger partial charge in [-0.25, -0.2) is 0 Å². The first-order valence-electron chi connectivity index (χ1n) is 10.2. The maximum Gasteiger partial charge on any atom is 0.330 e. The van der Waals surface area contributed by atoms with Crippen molar-refractivity contribution in [1.29, 1.82) is 0 Å². The van der Waals surface area contributed by atoms with Crippen molar-refractivity contribution in [1.82, 2.24) is 10.6 Å². The summed E-state index contributed by atoms with van der Waals surface area (Å²) < 4.78 is 16.7. The highest BCUT2D eigenvalue weighted by atomic mass is 31.2. The second-order valence-corrected chi connectivity index (χ2v) is 9.95. The van der Waals surface area contributed by atoms with Crippen LogP contribution in [0.3, 0.4) is 0 Å². The molecule has 156 valence electrons. The smallest absolute Gasteiger partial charge is 0.330 e. The van der Waals surface area contributed by atoms with Crippen LogP contribution in [0.5, 0.6) is 0 Å². The zero-order chi connectivity index (χ0) is 19.8. The molecule has 0 fully saturated rings. The molecule has 0 aromatic heterocycles. The van der Waals surface area contributed by atoms with Gasteiger partial charge in [-0.1, -0.05) is 53.4 Å². The van der Waals surface area contributed by atoms with Gasteiger partial charge in [0.1, 0.15) is 0 Å². The summed E-state index contributed by atoms with van der Waals surface area (Å²) in [5.74, 6) is 0.145. The van der Waals surface area contributed by atoms with Gasteiger partial charge in [0.25, 0.3) is 0 Å². The fourth-order valence-corrected chi connectivity index (χ4v) is 3.08. The molecule has 0 heterocycles. The standard InChI is InChI=1S/C19H41N2O4P/c1-17(2)20-14-10-6-5-9-13-19(22)21-15-11-7-8-12-16-25-26(23,24)18(3)4/h17-18,20H,5-16H2,1-4H3,(H,21,22)(H,23,24). The van der Waals surface area contributed by atoms with Crippen molar-refractivity contribution >= 4 is 13.5 Å². The molecular weight excluding hydrogens is 351 g/mol. The molecule has 6 nitrogen and oxygen atoms in total. The number of hydrogen-bond acceptors (Lipinski definition) is 4. The minimum Gasteiger partial charge on any atom is -0.356 e. The third kappa shape index (κ3) is 15.8. The van der Waals surface area contributed by atoms with Crippen LogP contribution in [0.1, 0.15) is 85.5 Å². The van der Waals surface area contributed by atoms with E-state index in [1.165, 1.54) is 12.8 Å². The monoisotopic (exact) mass is 392 g/mol. The summed E-state index contributed by atoms with van der Waals surface area (Å²) in [5, 5.41) is 6.36. The SMILES string of the molecule is CC(C)NCCCCCCC(=O)NCCCCCCOP(=O)(O)C(C)C. The molecule has 1 amide bonds. The van der Waals surface area contributed by atoms with Gasteiger partial charge in [0.2, 0.25) is 5.91 Å². The van der Waals surface area contributed by atoms with Crippen molar-refractivity contribution in [3.63, 3.8) is 0 Å². The molecule has 3 N–H and O–H groups in total. The van der Waals surface area contributed by atoms with Crippen molar-refractivity contribution in [3.05, 3.63) is 0 Å². The summed E-state index contributed by atoms with van der Waals surface area (Å²) in [7, 11) is -3.42. The van der Waals surface area contributed by atoms with Gasteiger partial charge in [0, 0.05) is 19.0 Å². The van der Waals surface area contributed by atoms with Gasteiger partial charge in [-0.2, -0.15) is 0 Å². The van der Waals surface area contributed by atoms with Crippen LogP contribution in [0, 0.1) is 0 Å². The van der Waals surface area contributed by atoms with Gasteiger partial charge in [-0.3, -0.25) is 9.36 Å². The van der Waals surface area contributed by atoms with E-state index < -0.39 is 7.60 Å². The van der Waals surface area contributed by atoms with Crippen LogP contribution in [0.25, 0.3) is 0 Å². The van der Waals surface area contributed by atoms with E-state index in [1.54, 1.807) is 13.8 Å². The van der Waals surface area contributed by atoms with Gasteiger partial charge in [-0.15, -0.1) is 0 Å². The van der Waals surface area contributed by atoms with Crippen molar-refractivity contribution in [2.24, 2.45) is 0 Å². The van der Waals surface area contributed by atoms with E-state index in [-0.39, 0.29) is 11.6 Å². The van der Waals surface area contributed by atoms with Crippen molar-refractivity contribution < 1.29 is 18.8 Å². The molecule has 0 radical (unpaired) electrons. The zero-order valence-corrected chi connectivity index (χ0v) is 18.2. The van der Waals surface area contributed by atoms with Crippen molar-refractivity contribution in [2.75, 3.05) is 19.7 Å². The highest BCUT2D eigenvalue weighted by Crippen LogP contribution is 2.46. The number of unbranched alkanes of at least 4 members (excludes halogenated alkanes) is 6. The predicted molar refractivity (Wildman–Crippen MR) is 109 cm³/mol. The largest absolute Gasteiger partial charge is 0.356 e. The van der Waals surface area contributed by atoms with E-state index in [1.807, 2.05) is 0 Å². The van der Waals surface area contributed by atoms with Crippen molar-refractivity contribution in [3.8, 4) is 0 Å². The Labute approximate surface area is 160 Å². The third-order valence-corrected chi connectivity index (χ3v) is 6.06. The molecule has 0 aliphatic heterocycles. The molecule has 0 bridgehead atoms. The lowest BCUT2D eigenvalue weighted by molar-refractivity contribution is -0.121. The summed E-state index contributed by atoms with van der Waals surface area (Å²) in [4.78, 5) is 21.3. The van der Waals surface area contributed by atoms with Crippen LogP contribution < -0.4 is 10.6 Å². The van der Waals surface area contributed by atoms with Crippen LogP contribution in [0.2, 0.25) is 0 Å². The van der Waals surface area contributed by atoms with Gasteiger partial charge in [0.15, 0.2) is 0 Å². The summed E-state index contributed by atoms with van der Waals surface area (Å²) in [6.07, 6.45) is 8.68. The number of carbonyl (C=O) groups excluding carboxylic acids is 1. The molecule has 0 aromatic rings. The molecule has 0 spiro atoms. The molecule has 0 aliphatic rings. The average Bonchev–Trinajstić information content (AvgIpc) is 2.55. The van der Waals surface area contributed by atoms with E-state index in [9.17, 15) is 14.3 Å². The van der Waals surface area contributed by atoms with Gasteiger partial charge >= 0.3 is 7.60 Å². The second-order valence-electron chi connectivity index (χ2n) is 7.53. The van der Waals surface area contributed by atoms with E-state index in [0.29, 0.717) is 25.6 Å². The van der Waals surface area contributed by atoms with Gasteiger partial charge in [0.05, 0.1) is 12.3 Å². The van der Waals surface area contributed by atoms with E-state index in [2.05, 4.69) is 24.5 Å². The number of rotatable bonds is 17. The van der Waals surface area contributed by atoms with Gasteiger partial charge in [-0.05, 0) is 32.2 Å². The Hall–Kier alpha value is -0.420. The molecule has 0 saturated heterocycles. The number of carbonyl (C=O) groups is 1. The van der Waals surface area contributed by atoms with Crippen LogP contribution in [-0.4, -0.2) is 42.2 Å². The Morgan fingerprint density at radius 3 is 2.12 bits per heavy atom. The summed E-state index contributed by atoms with van der Waals surface area (Å²) in [5.41, 5.74) is -0.352. The number of nitrogens with one attached hydrogen (secondary N) is 2. The Bertz CT molecular complexity index is 403. The Morgan fingerprint density at radius 2 is 1.50 bits per heavy atom. The Morgan fingerprint density at radius 1 is 0.923 bits per heavy atom. The molecule has 0 rings (SSSR count). The molecule has 1 unspecified atom stereocenters. The highest BCUT2D eigenvalue weighted by molar-refractivity contribution is 7.53. The Kier molecular flexibility index (Phi) is 15.4. The van der Waals surface area contributed by atoms with E-state index in [4.69, 9.17) is 4.52 Å². The lowest BCUT2D eigenvalue weighted by atomic mass is 10.1. The fraction of sp³-hybridized carbons (Fsp3) is 0.947. The first-order chi connectivity index (χ1) is 12.3. The number of amides is 1. The minimum atomic E-state index is -3.42. The van der Waals surface area contributed by atoms with Crippen LogP contribution in [-0.2, 0) is 13.9 Å². The number of hydrogen-bond donors (Lipinski definition) is 3. The summed E-state index contributed by atoms with van der Waals surface area (Å²) in [6, 6.07) is 0.546. The normalized spacial score (nSPS) is 14.0. The molecule has 26 heavy (non-hydrogen) atoms. The lowest BCUT2D eigenvalue weighted by Crippen LogP contribution is -2.24. The molecule has 0 aromatic carbocycles. The van der Waals surface area contributed by atoms with Crippen LogP contribution in [0.4, 0.5) is 0 Å². The maximum atomic E-state index is 11.7. The van der Waals surface area contributed by atoms with Gasteiger partial charge < -0.3 is 20.1 Å². The zero-order valence-electron chi connectivity index (χ0n) is 17.3. The molecule has 0 aliphatic carbocycles. The molecule has 0 saturated carbocycles. The topological polar surface area (TPSA) is 87.7 Å². The highest BCUT2D eigenvalue weighted by Gasteiger charge is 2.23. The van der Waals surface area contributed by atoms with E-state index >= 15 is 0 Å². The minimum absolute atomic E-state index is 0.145. The molecule has 1 atom stereocenters. The van der Waals surface area contributed by atoms with E-state index in [0.717, 1.165) is 45.1 Å². The third-order valence-electron chi connectivity index (χ3n) is 4.21. The van der Waals surface area contributed by atoms with Crippen LogP contribution in [0.15, 0.2) is 0 Å². The first-order valence-corrected chi connectivity index (χ1v) is 11.9. The maximum absolute atomic E-state index is 11.7. The van der Waals surface area contributed by atoms with Crippen molar-refractivity contribution in [2.45, 2.75) is 97.2 Å².